The molecule has 0 unspecified atom stereocenters. The van der Waals surface area contributed by atoms with Gasteiger partial charge in [0.1, 0.15) is 11.6 Å². The number of alkyl halides is 1. The van der Waals surface area contributed by atoms with Gasteiger partial charge in [-0.1, -0.05) is 0 Å². The van der Waals surface area contributed by atoms with Crippen LogP contribution in [0.15, 0.2) is 18.2 Å². The zero-order valence-corrected chi connectivity index (χ0v) is 12.5. The highest BCUT2D eigenvalue weighted by Crippen LogP contribution is 2.23. The fraction of sp³-hybridized carbons (Fsp3) is 0.500. The minimum Gasteiger partial charge on any atom is -0.325 e. The predicted octanol–water partition coefficient (Wildman–Crippen LogP) is 3.25. The molecule has 0 spiro atoms. The van der Waals surface area contributed by atoms with Gasteiger partial charge in [0.2, 0.25) is 0 Å². The summed E-state index contributed by atoms with van der Waals surface area (Å²) in [5.41, 5.74) is 1.54. The van der Waals surface area contributed by atoms with E-state index in [2.05, 4.69) is 28.3 Å². The molecule has 1 aromatic heterocycles. The average molecular weight is 284 g/mol. The number of nitrogens with zero attached hydrogens (tertiary/aromatic N) is 3. The van der Waals surface area contributed by atoms with Gasteiger partial charge in [-0.15, -0.1) is 11.6 Å². The summed E-state index contributed by atoms with van der Waals surface area (Å²) in [6.07, 6.45) is 0. The fourth-order valence-electron chi connectivity index (χ4n) is 1.96. The standard InChI is InChI=1S/C14H19ClFN3/c1-14(2,18(3)4)9-19-12-6-5-10(16)7-11(12)17-13(19)8-15/h5-7H,8-9H2,1-4H3. The highest BCUT2D eigenvalue weighted by atomic mass is 35.5. The number of hydrogen-bond donors (Lipinski definition) is 0. The van der Waals surface area contributed by atoms with Crippen molar-refractivity contribution in [3.05, 3.63) is 29.8 Å². The number of fused-ring (bicyclic) bond motifs is 1. The van der Waals surface area contributed by atoms with E-state index in [0.29, 0.717) is 11.4 Å². The SMILES string of the molecule is CN(C)C(C)(C)Cn1c(CCl)nc2cc(F)ccc21. The lowest BCUT2D eigenvalue weighted by atomic mass is 10.0. The van der Waals surface area contributed by atoms with E-state index in [1.165, 1.54) is 12.1 Å². The Bertz CT molecular complexity index is 590. The summed E-state index contributed by atoms with van der Waals surface area (Å²) in [7, 11) is 4.08. The number of imidazole rings is 1. The maximum absolute atomic E-state index is 13.3. The third-order valence-corrected chi connectivity index (χ3v) is 3.90. The van der Waals surface area contributed by atoms with Gasteiger partial charge in [0, 0.05) is 18.2 Å². The van der Waals surface area contributed by atoms with E-state index in [1.807, 2.05) is 14.1 Å². The highest BCUT2D eigenvalue weighted by Gasteiger charge is 2.23. The van der Waals surface area contributed by atoms with Crippen LogP contribution >= 0.6 is 11.6 Å². The lowest BCUT2D eigenvalue weighted by Crippen LogP contribution is -2.42. The van der Waals surface area contributed by atoms with Gasteiger partial charge in [-0.3, -0.25) is 0 Å². The van der Waals surface area contributed by atoms with Crippen LogP contribution in [0.1, 0.15) is 19.7 Å². The van der Waals surface area contributed by atoms with Crippen LogP contribution < -0.4 is 0 Å². The number of halogens is 2. The first-order valence-corrected chi connectivity index (χ1v) is 6.76. The van der Waals surface area contributed by atoms with Gasteiger partial charge >= 0.3 is 0 Å². The van der Waals surface area contributed by atoms with Crippen LogP contribution in [-0.4, -0.2) is 34.1 Å². The van der Waals surface area contributed by atoms with Gasteiger partial charge in [-0.2, -0.15) is 0 Å². The van der Waals surface area contributed by atoms with E-state index in [1.54, 1.807) is 6.07 Å². The lowest BCUT2D eigenvalue weighted by molar-refractivity contribution is 0.170. The van der Waals surface area contributed by atoms with E-state index in [-0.39, 0.29) is 11.4 Å². The molecule has 104 valence electrons. The third-order valence-electron chi connectivity index (χ3n) is 3.66. The van der Waals surface area contributed by atoms with E-state index in [9.17, 15) is 4.39 Å². The van der Waals surface area contributed by atoms with Crippen LogP contribution in [0.3, 0.4) is 0 Å². The molecule has 1 heterocycles. The summed E-state index contributed by atoms with van der Waals surface area (Å²) in [5, 5.41) is 0. The molecule has 0 saturated heterocycles. The van der Waals surface area contributed by atoms with Crippen LogP contribution in [0.2, 0.25) is 0 Å². The minimum atomic E-state index is -0.273. The molecule has 19 heavy (non-hydrogen) atoms. The van der Waals surface area contributed by atoms with E-state index >= 15 is 0 Å². The predicted molar refractivity (Wildman–Crippen MR) is 77.0 cm³/mol. The number of likely N-dealkylation sites (N-methyl/N-ethyl adjacent to an activating group) is 1. The second kappa shape index (κ2) is 5.10. The van der Waals surface area contributed by atoms with Crippen molar-refractivity contribution in [2.45, 2.75) is 31.8 Å². The van der Waals surface area contributed by atoms with E-state index in [4.69, 9.17) is 11.6 Å². The molecule has 0 radical (unpaired) electrons. The molecule has 2 rings (SSSR count). The zero-order chi connectivity index (χ0) is 14.2. The first-order valence-electron chi connectivity index (χ1n) is 6.23. The molecule has 0 bridgehead atoms. The van der Waals surface area contributed by atoms with Crippen molar-refractivity contribution < 1.29 is 4.39 Å². The molecular formula is C14H19ClFN3. The second-order valence-electron chi connectivity index (χ2n) is 5.59. The molecule has 0 aliphatic heterocycles. The molecule has 0 N–H and O–H groups in total. The van der Waals surface area contributed by atoms with E-state index in [0.717, 1.165) is 17.9 Å². The van der Waals surface area contributed by atoms with Crippen molar-refractivity contribution in [1.82, 2.24) is 14.5 Å². The number of rotatable bonds is 4. The Balaban J connectivity index is 2.52. The molecule has 0 aliphatic carbocycles. The molecule has 0 atom stereocenters. The van der Waals surface area contributed by atoms with E-state index < -0.39 is 0 Å². The average Bonchev–Trinajstić information content (AvgIpc) is 2.65. The Kier molecular flexibility index (Phi) is 3.83. The van der Waals surface area contributed by atoms with Gasteiger partial charge < -0.3 is 9.47 Å². The zero-order valence-electron chi connectivity index (χ0n) is 11.7. The summed E-state index contributed by atoms with van der Waals surface area (Å²) in [5.74, 6) is 0.821. The van der Waals surface area contributed by atoms with Crippen molar-refractivity contribution in [3.63, 3.8) is 0 Å². The third kappa shape index (κ3) is 2.74. The molecule has 0 amide bonds. The topological polar surface area (TPSA) is 21.1 Å². The van der Waals surface area contributed by atoms with Crippen molar-refractivity contribution in [2.75, 3.05) is 14.1 Å². The molecule has 1 aromatic carbocycles. The van der Waals surface area contributed by atoms with Gasteiger partial charge in [-0.25, -0.2) is 9.37 Å². The Morgan fingerprint density at radius 3 is 2.63 bits per heavy atom. The summed E-state index contributed by atoms with van der Waals surface area (Å²) >= 11 is 5.96. The number of aromatic nitrogens is 2. The molecule has 3 nitrogen and oxygen atoms in total. The summed E-state index contributed by atoms with van der Waals surface area (Å²) in [4.78, 5) is 6.56. The Morgan fingerprint density at radius 2 is 2.05 bits per heavy atom. The Hall–Kier alpha value is -1.13. The van der Waals surface area contributed by atoms with Crippen LogP contribution in [0.5, 0.6) is 0 Å². The molecule has 0 saturated carbocycles. The lowest BCUT2D eigenvalue weighted by Gasteiger charge is -2.33. The Morgan fingerprint density at radius 1 is 1.37 bits per heavy atom. The smallest absolute Gasteiger partial charge is 0.125 e. The molecule has 2 aromatic rings. The first-order chi connectivity index (χ1) is 8.85. The molecular weight excluding hydrogens is 265 g/mol. The van der Waals surface area contributed by atoms with Crippen LogP contribution in [0.4, 0.5) is 4.39 Å². The maximum Gasteiger partial charge on any atom is 0.125 e. The number of benzene rings is 1. The minimum absolute atomic E-state index is 0.0389. The van der Waals surface area contributed by atoms with Crippen molar-refractivity contribution in [3.8, 4) is 0 Å². The highest BCUT2D eigenvalue weighted by molar-refractivity contribution is 6.16. The van der Waals surface area contributed by atoms with Crippen molar-refractivity contribution in [1.29, 1.82) is 0 Å². The van der Waals surface area contributed by atoms with Crippen LogP contribution in [0.25, 0.3) is 11.0 Å². The summed E-state index contributed by atoms with van der Waals surface area (Å²) in [6, 6.07) is 4.67. The van der Waals surface area contributed by atoms with Gasteiger partial charge in [-0.05, 0) is 40.1 Å². The molecule has 5 heteroatoms. The van der Waals surface area contributed by atoms with Crippen molar-refractivity contribution >= 4 is 22.6 Å². The number of hydrogen-bond acceptors (Lipinski definition) is 2. The van der Waals surface area contributed by atoms with Crippen molar-refractivity contribution in [2.24, 2.45) is 0 Å². The Labute approximate surface area is 118 Å². The monoisotopic (exact) mass is 283 g/mol. The van der Waals surface area contributed by atoms with Gasteiger partial charge in [0.15, 0.2) is 0 Å². The summed E-state index contributed by atoms with van der Waals surface area (Å²) in [6.45, 7) is 5.06. The largest absolute Gasteiger partial charge is 0.325 e. The maximum atomic E-state index is 13.3. The van der Waals surface area contributed by atoms with Gasteiger partial charge in [0.05, 0.1) is 16.9 Å². The van der Waals surface area contributed by atoms with Crippen LogP contribution in [0, 0.1) is 5.82 Å². The van der Waals surface area contributed by atoms with Crippen LogP contribution in [-0.2, 0) is 12.4 Å². The fourth-order valence-corrected chi connectivity index (χ4v) is 2.16. The normalized spacial score (nSPS) is 12.6. The molecule has 0 aliphatic rings. The quantitative estimate of drug-likeness (QED) is 0.803. The summed E-state index contributed by atoms with van der Waals surface area (Å²) < 4.78 is 15.3. The molecule has 0 fully saturated rings. The first kappa shape index (κ1) is 14.3. The second-order valence-corrected chi connectivity index (χ2v) is 5.85. The van der Waals surface area contributed by atoms with Gasteiger partial charge in [0.25, 0.3) is 0 Å².